The van der Waals surface area contributed by atoms with Gasteiger partial charge in [0.2, 0.25) is 0 Å². The molecule has 1 aromatic carbocycles. The molecule has 1 rings (SSSR count). The van der Waals surface area contributed by atoms with Crippen molar-refractivity contribution in [3.63, 3.8) is 0 Å². The molecule has 0 heterocycles. The number of carbonyl (C=O) groups is 2. The number of nitrogens with one attached hydrogen (secondary N) is 1. The molecule has 1 amide bonds. The van der Waals surface area contributed by atoms with Crippen LogP contribution < -0.4 is 5.32 Å². The molecule has 0 spiro atoms. The van der Waals surface area contributed by atoms with Crippen molar-refractivity contribution in [3.8, 4) is 0 Å². The number of hydrogen-bond donors (Lipinski definition) is 1. The van der Waals surface area contributed by atoms with Crippen molar-refractivity contribution in [1.29, 1.82) is 0 Å². The molecule has 0 saturated carbocycles. The monoisotopic (exact) mass is 235 g/mol. The van der Waals surface area contributed by atoms with Gasteiger partial charge in [0.25, 0.3) is 5.91 Å². The molecule has 92 valence electrons. The number of amides is 1. The van der Waals surface area contributed by atoms with Crippen LogP contribution in [0.5, 0.6) is 0 Å². The van der Waals surface area contributed by atoms with Gasteiger partial charge >= 0.3 is 0 Å². The van der Waals surface area contributed by atoms with Gasteiger partial charge in [-0.3, -0.25) is 9.59 Å². The molecule has 0 aliphatic rings. The summed E-state index contributed by atoms with van der Waals surface area (Å²) >= 11 is 0. The number of carbonyl (C=O) groups excluding carboxylic acids is 2. The second kappa shape index (κ2) is 6.15. The van der Waals surface area contributed by atoms with E-state index in [-0.39, 0.29) is 11.7 Å². The van der Waals surface area contributed by atoms with Gasteiger partial charge in [-0.05, 0) is 45.0 Å². The Morgan fingerprint density at radius 2 is 1.88 bits per heavy atom. The van der Waals surface area contributed by atoms with E-state index < -0.39 is 6.10 Å². The Morgan fingerprint density at radius 1 is 1.29 bits per heavy atom. The second-order valence-corrected chi connectivity index (χ2v) is 3.72. The number of ether oxygens (including phenoxy) is 1. The van der Waals surface area contributed by atoms with Gasteiger partial charge in [0.05, 0.1) is 0 Å². The SMILES string of the molecule is CCOC(C)C(=O)Nc1ccc(C(C)=O)cc1. The lowest BCUT2D eigenvalue weighted by atomic mass is 10.1. The van der Waals surface area contributed by atoms with Crippen molar-refractivity contribution < 1.29 is 14.3 Å². The maximum absolute atomic E-state index is 11.6. The standard InChI is InChI=1S/C13H17NO3/c1-4-17-10(3)13(16)14-12-7-5-11(6-8-12)9(2)15/h5-8,10H,4H2,1-3H3,(H,14,16). The Kier molecular flexibility index (Phi) is 4.84. The van der Waals surface area contributed by atoms with E-state index in [1.54, 1.807) is 31.2 Å². The van der Waals surface area contributed by atoms with E-state index >= 15 is 0 Å². The quantitative estimate of drug-likeness (QED) is 0.796. The minimum absolute atomic E-state index is 0.00515. The van der Waals surface area contributed by atoms with E-state index in [4.69, 9.17) is 4.74 Å². The molecule has 1 aromatic rings. The molecule has 0 radical (unpaired) electrons. The molecule has 0 aromatic heterocycles. The van der Waals surface area contributed by atoms with Crippen LogP contribution in [0, 0.1) is 0 Å². The number of Topliss-reactive ketones (excluding diaryl/α,β-unsaturated/α-hetero) is 1. The smallest absolute Gasteiger partial charge is 0.253 e. The lowest BCUT2D eigenvalue weighted by molar-refractivity contribution is -0.126. The van der Waals surface area contributed by atoms with Crippen molar-refractivity contribution in [2.24, 2.45) is 0 Å². The summed E-state index contributed by atoms with van der Waals surface area (Å²) in [7, 11) is 0. The molecule has 1 N–H and O–H groups in total. The van der Waals surface area contributed by atoms with Crippen molar-refractivity contribution >= 4 is 17.4 Å². The molecule has 1 atom stereocenters. The summed E-state index contributed by atoms with van der Waals surface area (Å²) in [5.74, 6) is -0.187. The minimum Gasteiger partial charge on any atom is -0.369 e. The van der Waals surface area contributed by atoms with E-state index in [0.717, 1.165) is 0 Å². The molecular weight excluding hydrogens is 218 g/mol. The van der Waals surface area contributed by atoms with E-state index in [0.29, 0.717) is 17.9 Å². The first-order valence-corrected chi connectivity index (χ1v) is 5.58. The van der Waals surface area contributed by atoms with Gasteiger partial charge in [-0.15, -0.1) is 0 Å². The number of rotatable bonds is 5. The number of anilines is 1. The van der Waals surface area contributed by atoms with Crippen LogP contribution in [-0.2, 0) is 9.53 Å². The maximum Gasteiger partial charge on any atom is 0.253 e. The van der Waals surface area contributed by atoms with Crippen LogP contribution in [0.15, 0.2) is 24.3 Å². The lowest BCUT2D eigenvalue weighted by Gasteiger charge is -2.12. The fourth-order valence-electron chi connectivity index (χ4n) is 1.36. The molecular formula is C13H17NO3. The van der Waals surface area contributed by atoms with Crippen LogP contribution in [0.3, 0.4) is 0 Å². The molecule has 0 bridgehead atoms. The Hall–Kier alpha value is -1.68. The first-order chi connectivity index (χ1) is 8.04. The Morgan fingerprint density at radius 3 is 2.35 bits per heavy atom. The third kappa shape index (κ3) is 4.00. The minimum atomic E-state index is -0.479. The maximum atomic E-state index is 11.6. The molecule has 1 unspecified atom stereocenters. The third-order valence-corrected chi connectivity index (χ3v) is 2.34. The van der Waals surface area contributed by atoms with E-state index in [1.807, 2.05) is 6.92 Å². The normalized spacial score (nSPS) is 11.9. The predicted molar refractivity (Wildman–Crippen MR) is 66.2 cm³/mol. The third-order valence-electron chi connectivity index (χ3n) is 2.34. The van der Waals surface area contributed by atoms with Crippen molar-refractivity contribution in [2.75, 3.05) is 11.9 Å². The topological polar surface area (TPSA) is 55.4 Å². The Balaban J connectivity index is 2.63. The highest BCUT2D eigenvalue weighted by Gasteiger charge is 2.12. The zero-order valence-electron chi connectivity index (χ0n) is 10.3. The largest absolute Gasteiger partial charge is 0.369 e. The highest BCUT2D eigenvalue weighted by molar-refractivity contribution is 5.96. The first-order valence-electron chi connectivity index (χ1n) is 5.58. The molecule has 0 aliphatic carbocycles. The van der Waals surface area contributed by atoms with Gasteiger partial charge in [-0.1, -0.05) is 0 Å². The predicted octanol–water partition coefficient (Wildman–Crippen LogP) is 2.25. The fourth-order valence-corrected chi connectivity index (χ4v) is 1.36. The summed E-state index contributed by atoms with van der Waals surface area (Å²) in [6, 6.07) is 6.77. The van der Waals surface area contributed by atoms with E-state index in [2.05, 4.69) is 5.32 Å². The second-order valence-electron chi connectivity index (χ2n) is 3.72. The van der Waals surface area contributed by atoms with Crippen LogP contribution in [-0.4, -0.2) is 24.4 Å². The van der Waals surface area contributed by atoms with Gasteiger partial charge in [0.1, 0.15) is 6.10 Å². The zero-order chi connectivity index (χ0) is 12.8. The van der Waals surface area contributed by atoms with Crippen LogP contribution >= 0.6 is 0 Å². The summed E-state index contributed by atoms with van der Waals surface area (Å²) in [5.41, 5.74) is 1.28. The molecule has 4 nitrogen and oxygen atoms in total. The summed E-state index contributed by atoms with van der Waals surface area (Å²) in [6.07, 6.45) is -0.479. The number of benzene rings is 1. The lowest BCUT2D eigenvalue weighted by Crippen LogP contribution is -2.27. The van der Waals surface area contributed by atoms with Gasteiger partial charge in [0, 0.05) is 17.9 Å². The summed E-state index contributed by atoms with van der Waals surface area (Å²) < 4.78 is 5.17. The van der Waals surface area contributed by atoms with E-state index in [1.165, 1.54) is 6.92 Å². The highest BCUT2D eigenvalue weighted by Crippen LogP contribution is 2.10. The van der Waals surface area contributed by atoms with Crippen LogP contribution in [0.2, 0.25) is 0 Å². The van der Waals surface area contributed by atoms with Crippen molar-refractivity contribution in [3.05, 3.63) is 29.8 Å². The summed E-state index contributed by atoms with van der Waals surface area (Å²) in [4.78, 5) is 22.7. The Bertz CT molecular complexity index is 398. The van der Waals surface area contributed by atoms with E-state index in [9.17, 15) is 9.59 Å². The molecule has 17 heavy (non-hydrogen) atoms. The average molecular weight is 235 g/mol. The Labute approximate surface area is 101 Å². The molecule has 0 aliphatic heterocycles. The first kappa shape index (κ1) is 13.4. The van der Waals surface area contributed by atoms with Gasteiger partial charge < -0.3 is 10.1 Å². The molecule has 0 fully saturated rings. The number of ketones is 1. The molecule has 0 saturated heterocycles. The highest BCUT2D eigenvalue weighted by atomic mass is 16.5. The van der Waals surface area contributed by atoms with Crippen LogP contribution in [0.1, 0.15) is 31.1 Å². The average Bonchev–Trinajstić information content (AvgIpc) is 2.30. The summed E-state index contributed by atoms with van der Waals surface area (Å²) in [5, 5.41) is 2.72. The fraction of sp³-hybridized carbons (Fsp3) is 0.385. The number of hydrogen-bond acceptors (Lipinski definition) is 3. The van der Waals surface area contributed by atoms with Gasteiger partial charge in [-0.25, -0.2) is 0 Å². The van der Waals surface area contributed by atoms with Crippen LogP contribution in [0.25, 0.3) is 0 Å². The zero-order valence-corrected chi connectivity index (χ0v) is 10.3. The van der Waals surface area contributed by atoms with Crippen molar-refractivity contribution in [2.45, 2.75) is 26.9 Å². The summed E-state index contributed by atoms with van der Waals surface area (Å²) in [6.45, 7) is 5.54. The molecule has 4 heteroatoms. The van der Waals surface area contributed by atoms with Gasteiger partial charge in [-0.2, -0.15) is 0 Å². The van der Waals surface area contributed by atoms with Crippen LogP contribution in [0.4, 0.5) is 5.69 Å². The van der Waals surface area contributed by atoms with Gasteiger partial charge in [0.15, 0.2) is 5.78 Å². The van der Waals surface area contributed by atoms with Crippen molar-refractivity contribution in [1.82, 2.24) is 0 Å².